The largest absolute Gasteiger partial charge is 0.495 e. The van der Waals surface area contributed by atoms with Crippen LogP contribution < -0.4 is 15.4 Å². The van der Waals surface area contributed by atoms with Crippen molar-refractivity contribution in [2.45, 2.75) is 20.5 Å². The second-order valence-electron chi connectivity index (χ2n) is 6.74. The molecule has 2 heterocycles. The third kappa shape index (κ3) is 5.05. The fourth-order valence-electron chi connectivity index (χ4n) is 3.16. The molecular formula is C24H23ClN6O. The number of methoxy groups -OCH3 is 1. The smallest absolute Gasteiger partial charge is 0.188 e. The predicted octanol–water partition coefficient (Wildman–Crippen LogP) is 6.10. The molecule has 0 aliphatic carbocycles. The number of hydrogen-bond donors (Lipinski definition) is 2. The van der Waals surface area contributed by atoms with Crippen LogP contribution in [0.4, 0.5) is 17.3 Å². The van der Waals surface area contributed by atoms with Gasteiger partial charge in [-0.1, -0.05) is 43.3 Å². The van der Waals surface area contributed by atoms with Crippen LogP contribution >= 0.6 is 11.6 Å². The second kappa shape index (κ2) is 10.4. The zero-order chi connectivity index (χ0) is 21.6. The van der Waals surface area contributed by atoms with Gasteiger partial charge < -0.3 is 15.4 Å². The molecule has 4 rings (SSSR count). The minimum absolute atomic E-state index is 0. The van der Waals surface area contributed by atoms with Gasteiger partial charge in [0.25, 0.3) is 0 Å². The first kappa shape index (κ1) is 22.8. The highest BCUT2D eigenvalue weighted by Crippen LogP contribution is 2.31. The van der Waals surface area contributed by atoms with E-state index in [1.165, 1.54) is 0 Å². The molecule has 0 spiro atoms. The van der Waals surface area contributed by atoms with E-state index in [-0.39, 0.29) is 7.43 Å². The predicted molar refractivity (Wildman–Crippen MR) is 129 cm³/mol. The summed E-state index contributed by atoms with van der Waals surface area (Å²) >= 11 is 6.22. The van der Waals surface area contributed by atoms with Crippen LogP contribution in [0.2, 0.25) is 5.02 Å². The first-order valence-corrected chi connectivity index (χ1v) is 9.93. The number of fused-ring (bicyclic) bond motifs is 1. The summed E-state index contributed by atoms with van der Waals surface area (Å²) in [5.41, 5.74) is 2.40. The van der Waals surface area contributed by atoms with Crippen LogP contribution in [-0.2, 0) is 13.1 Å². The Balaban J connectivity index is 0.00000289. The molecule has 2 aromatic carbocycles. The van der Waals surface area contributed by atoms with Gasteiger partial charge in [0.1, 0.15) is 5.75 Å². The van der Waals surface area contributed by atoms with Gasteiger partial charge in [-0.15, -0.1) is 10.2 Å². The number of anilines is 2. The molecule has 0 saturated carbocycles. The molecule has 0 atom stereocenters. The Morgan fingerprint density at radius 3 is 2.44 bits per heavy atom. The van der Waals surface area contributed by atoms with Crippen molar-refractivity contribution in [2.75, 3.05) is 17.7 Å². The van der Waals surface area contributed by atoms with Crippen LogP contribution in [0, 0.1) is 6.57 Å². The molecule has 2 N–H and O–H groups in total. The number of nitrogens with zero attached hydrogens (tertiary/aromatic N) is 4. The first-order chi connectivity index (χ1) is 15.2. The average Bonchev–Trinajstić information content (AvgIpc) is 2.82. The van der Waals surface area contributed by atoms with Gasteiger partial charge in [0.2, 0.25) is 0 Å². The third-order valence-corrected chi connectivity index (χ3v) is 5.03. The van der Waals surface area contributed by atoms with E-state index in [4.69, 9.17) is 22.9 Å². The van der Waals surface area contributed by atoms with Gasteiger partial charge in [-0.3, -0.25) is 4.98 Å². The maximum absolute atomic E-state index is 7.35. The lowest BCUT2D eigenvalue weighted by Gasteiger charge is -2.13. The molecule has 32 heavy (non-hydrogen) atoms. The SMILES string of the molecule is C.[C-]#[N+]c1ccc2c(NCc3ccccn3)nnc(NCc3ccc(OC)c(Cl)c3)c2c1. The average molecular weight is 447 g/mol. The van der Waals surface area contributed by atoms with E-state index in [0.717, 1.165) is 22.0 Å². The summed E-state index contributed by atoms with van der Waals surface area (Å²) in [6, 6.07) is 16.8. The van der Waals surface area contributed by atoms with Crippen molar-refractivity contribution >= 4 is 39.7 Å². The van der Waals surface area contributed by atoms with Crippen LogP contribution in [-0.4, -0.2) is 22.3 Å². The standard InChI is InChI=1S/C23H19ClN6O.CH4/c1-25-16-7-8-18-19(12-16)23(27-13-15-6-9-21(31-2)20(24)11-15)30-29-22(18)28-14-17-5-3-4-10-26-17;/h3-12H,13-14H2,2H3,(H,27,30)(H,28,29);1H4. The topological polar surface area (TPSA) is 76.3 Å². The minimum Gasteiger partial charge on any atom is -0.495 e. The number of pyridine rings is 1. The van der Waals surface area contributed by atoms with Gasteiger partial charge in [-0.25, -0.2) is 4.85 Å². The van der Waals surface area contributed by atoms with Gasteiger partial charge >= 0.3 is 0 Å². The fourth-order valence-corrected chi connectivity index (χ4v) is 3.44. The van der Waals surface area contributed by atoms with Gasteiger partial charge in [0, 0.05) is 23.5 Å². The molecule has 7 nitrogen and oxygen atoms in total. The van der Waals surface area contributed by atoms with E-state index in [0.29, 0.717) is 41.2 Å². The number of benzene rings is 2. The quantitative estimate of drug-likeness (QED) is 0.334. The van der Waals surface area contributed by atoms with E-state index < -0.39 is 0 Å². The van der Waals surface area contributed by atoms with Crippen molar-refractivity contribution in [3.63, 3.8) is 0 Å². The van der Waals surface area contributed by atoms with Crippen LogP contribution in [0.25, 0.3) is 15.6 Å². The summed E-state index contributed by atoms with van der Waals surface area (Å²) in [6.45, 7) is 8.37. The first-order valence-electron chi connectivity index (χ1n) is 9.56. The number of rotatable bonds is 7. The van der Waals surface area contributed by atoms with Gasteiger partial charge in [0.15, 0.2) is 17.3 Å². The molecule has 0 bridgehead atoms. The second-order valence-corrected chi connectivity index (χ2v) is 7.14. The maximum Gasteiger partial charge on any atom is 0.188 e. The summed E-state index contributed by atoms with van der Waals surface area (Å²) in [7, 11) is 1.58. The summed E-state index contributed by atoms with van der Waals surface area (Å²) in [4.78, 5) is 7.86. The molecule has 0 aliphatic heterocycles. The van der Waals surface area contributed by atoms with Crippen molar-refractivity contribution in [1.29, 1.82) is 0 Å². The van der Waals surface area contributed by atoms with E-state index in [2.05, 4.69) is 30.7 Å². The van der Waals surface area contributed by atoms with Crippen LogP contribution in [0.1, 0.15) is 18.7 Å². The van der Waals surface area contributed by atoms with Crippen LogP contribution in [0.15, 0.2) is 60.8 Å². The lowest BCUT2D eigenvalue weighted by Crippen LogP contribution is -2.08. The highest BCUT2D eigenvalue weighted by atomic mass is 35.5. The lowest BCUT2D eigenvalue weighted by atomic mass is 10.1. The highest BCUT2D eigenvalue weighted by molar-refractivity contribution is 6.32. The maximum atomic E-state index is 7.35. The Kier molecular flexibility index (Phi) is 7.42. The van der Waals surface area contributed by atoms with Gasteiger partial charge in [0.05, 0.1) is 30.9 Å². The summed E-state index contributed by atoms with van der Waals surface area (Å²) < 4.78 is 5.20. The fraction of sp³-hybridized carbons (Fsp3) is 0.167. The third-order valence-electron chi connectivity index (χ3n) is 4.73. The monoisotopic (exact) mass is 446 g/mol. The lowest BCUT2D eigenvalue weighted by molar-refractivity contribution is 0.415. The van der Waals surface area contributed by atoms with Crippen molar-refractivity contribution in [3.8, 4) is 5.75 Å². The van der Waals surface area contributed by atoms with E-state index in [1.54, 1.807) is 19.4 Å². The summed E-state index contributed by atoms with van der Waals surface area (Å²) in [5.74, 6) is 1.85. The molecule has 0 amide bonds. The minimum atomic E-state index is 0. The van der Waals surface area contributed by atoms with Crippen LogP contribution in [0.3, 0.4) is 0 Å². The van der Waals surface area contributed by atoms with E-state index in [9.17, 15) is 0 Å². The number of aromatic nitrogens is 3. The molecular weight excluding hydrogens is 424 g/mol. The Morgan fingerprint density at radius 2 is 1.75 bits per heavy atom. The Bertz CT molecular complexity index is 1260. The molecule has 0 saturated heterocycles. The molecule has 0 unspecified atom stereocenters. The molecule has 4 aromatic rings. The molecule has 0 aliphatic rings. The van der Waals surface area contributed by atoms with E-state index in [1.807, 2.05) is 48.5 Å². The summed E-state index contributed by atoms with van der Waals surface area (Å²) in [5, 5.41) is 17.5. The number of ether oxygens (including phenoxy) is 1. The van der Waals surface area contributed by atoms with Gasteiger partial charge in [-0.05, 0) is 35.9 Å². The molecule has 0 fully saturated rings. The van der Waals surface area contributed by atoms with Crippen LogP contribution in [0.5, 0.6) is 5.75 Å². The number of halogens is 1. The normalized spacial score (nSPS) is 10.2. The Labute approximate surface area is 192 Å². The number of hydrogen-bond acceptors (Lipinski definition) is 6. The summed E-state index contributed by atoms with van der Waals surface area (Å²) in [6.07, 6.45) is 1.75. The zero-order valence-corrected chi connectivity index (χ0v) is 17.5. The number of nitrogens with one attached hydrogen (secondary N) is 2. The van der Waals surface area contributed by atoms with Gasteiger partial charge in [-0.2, -0.15) is 0 Å². The molecule has 0 radical (unpaired) electrons. The Morgan fingerprint density at radius 1 is 0.969 bits per heavy atom. The highest BCUT2D eigenvalue weighted by Gasteiger charge is 2.11. The Hall–Kier alpha value is -3.89. The zero-order valence-electron chi connectivity index (χ0n) is 16.8. The molecule has 162 valence electrons. The molecule has 2 aromatic heterocycles. The van der Waals surface area contributed by atoms with Crippen molar-refractivity contribution in [2.24, 2.45) is 0 Å². The van der Waals surface area contributed by atoms with Crippen molar-refractivity contribution in [3.05, 3.63) is 88.5 Å². The van der Waals surface area contributed by atoms with Crippen molar-refractivity contribution < 1.29 is 4.74 Å². The molecule has 8 heteroatoms. The van der Waals surface area contributed by atoms with Crippen molar-refractivity contribution in [1.82, 2.24) is 15.2 Å². The van der Waals surface area contributed by atoms with E-state index >= 15 is 0 Å².